The van der Waals surface area contributed by atoms with Crippen LogP contribution in [0.3, 0.4) is 0 Å². The Morgan fingerprint density at radius 1 is 0.966 bits per heavy atom. The van der Waals surface area contributed by atoms with Crippen molar-refractivity contribution in [3.63, 3.8) is 0 Å². The second-order valence-electron chi connectivity index (χ2n) is 8.43. The van der Waals surface area contributed by atoms with Gasteiger partial charge in [-0.1, -0.05) is 87.9 Å². The van der Waals surface area contributed by atoms with Crippen LogP contribution >= 0.6 is 0 Å². The van der Waals surface area contributed by atoms with Gasteiger partial charge in [-0.3, -0.25) is 4.79 Å². The van der Waals surface area contributed by atoms with Crippen LogP contribution in [0.5, 0.6) is 0 Å². The number of hydrogen-bond donors (Lipinski definition) is 0. The van der Waals surface area contributed by atoms with Crippen molar-refractivity contribution in [2.24, 2.45) is 17.8 Å². The SMILES string of the molecule is CC(C)[C@@H]1CC[C@@H](C)C[C@H]1OC(=O)/C(=C\c1ccccc1)C(=O)c1ccccc1. The van der Waals surface area contributed by atoms with Gasteiger partial charge in [-0.15, -0.1) is 0 Å². The molecule has 3 rings (SSSR count). The summed E-state index contributed by atoms with van der Waals surface area (Å²) in [6.45, 7) is 6.56. The zero-order chi connectivity index (χ0) is 20.8. The summed E-state index contributed by atoms with van der Waals surface area (Å²) in [4.78, 5) is 26.3. The van der Waals surface area contributed by atoms with Crippen LogP contribution in [0.15, 0.2) is 66.2 Å². The molecule has 29 heavy (non-hydrogen) atoms. The molecular weight excluding hydrogens is 360 g/mol. The van der Waals surface area contributed by atoms with Crippen LogP contribution in [0.2, 0.25) is 0 Å². The molecule has 0 spiro atoms. The van der Waals surface area contributed by atoms with E-state index in [9.17, 15) is 9.59 Å². The first kappa shape index (κ1) is 21.0. The summed E-state index contributed by atoms with van der Waals surface area (Å²) in [6, 6.07) is 18.4. The predicted octanol–water partition coefficient (Wildman–Crippen LogP) is 5.96. The van der Waals surface area contributed by atoms with Crippen LogP contribution in [-0.4, -0.2) is 17.9 Å². The smallest absolute Gasteiger partial charge is 0.342 e. The first-order chi connectivity index (χ1) is 14.0. The van der Waals surface area contributed by atoms with E-state index in [0.717, 1.165) is 24.8 Å². The molecule has 0 bridgehead atoms. The van der Waals surface area contributed by atoms with E-state index in [1.165, 1.54) is 0 Å². The van der Waals surface area contributed by atoms with Crippen molar-refractivity contribution in [1.82, 2.24) is 0 Å². The topological polar surface area (TPSA) is 43.4 Å². The highest BCUT2D eigenvalue weighted by Gasteiger charge is 2.35. The Labute approximate surface area is 173 Å². The van der Waals surface area contributed by atoms with Gasteiger partial charge >= 0.3 is 5.97 Å². The average molecular weight is 391 g/mol. The van der Waals surface area contributed by atoms with Gasteiger partial charge in [0.2, 0.25) is 0 Å². The number of ketones is 1. The highest BCUT2D eigenvalue weighted by atomic mass is 16.5. The summed E-state index contributed by atoms with van der Waals surface area (Å²) in [5, 5.41) is 0. The summed E-state index contributed by atoms with van der Waals surface area (Å²) in [5.74, 6) is 0.470. The Morgan fingerprint density at radius 3 is 2.21 bits per heavy atom. The standard InChI is InChI=1S/C26H30O3/c1-18(2)22-15-14-19(3)16-24(22)29-26(28)23(17-20-10-6-4-7-11-20)25(27)21-12-8-5-9-13-21/h4-13,17-19,22,24H,14-16H2,1-3H3/b23-17-/t19-,22+,24-/m1/s1. The van der Waals surface area contributed by atoms with Gasteiger partial charge in [-0.25, -0.2) is 4.79 Å². The minimum absolute atomic E-state index is 0.0862. The third-order valence-corrected chi connectivity index (χ3v) is 5.83. The first-order valence-corrected chi connectivity index (χ1v) is 10.5. The molecule has 1 aliphatic rings. The molecule has 3 heteroatoms. The molecule has 0 amide bonds. The van der Waals surface area contributed by atoms with E-state index >= 15 is 0 Å². The lowest BCUT2D eigenvalue weighted by atomic mass is 9.75. The monoisotopic (exact) mass is 390 g/mol. The third-order valence-electron chi connectivity index (χ3n) is 5.83. The molecule has 3 nitrogen and oxygen atoms in total. The lowest BCUT2D eigenvalue weighted by Gasteiger charge is -2.36. The van der Waals surface area contributed by atoms with Crippen LogP contribution < -0.4 is 0 Å². The zero-order valence-electron chi connectivity index (χ0n) is 17.5. The van der Waals surface area contributed by atoms with Gasteiger partial charge in [-0.05, 0) is 42.2 Å². The molecular formula is C26H30O3. The largest absolute Gasteiger partial charge is 0.458 e. The predicted molar refractivity (Wildman–Crippen MR) is 116 cm³/mol. The van der Waals surface area contributed by atoms with Gasteiger partial charge in [0.1, 0.15) is 11.7 Å². The zero-order valence-corrected chi connectivity index (χ0v) is 17.5. The normalized spacial score (nSPS) is 22.3. The number of benzene rings is 2. The molecule has 0 aromatic heterocycles. The molecule has 1 saturated carbocycles. The molecule has 1 aliphatic carbocycles. The van der Waals surface area contributed by atoms with Crippen molar-refractivity contribution < 1.29 is 14.3 Å². The summed E-state index contributed by atoms with van der Waals surface area (Å²) < 4.78 is 5.98. The van der Waals surface area contributed by atoms with E-state index in [2.05, 4.69) is 20.8 Å². The van der Waals surface area contributed by atoms with Gasteiger partial charge in [0.25, 0.3) is 0 Å². The number of carbonyl (C=O) groups excluding carboxylic acids is 2. The maximum atomic E-state index is 13.2. The van der Waals surface area contributed by atoms with E-state index in [1.54, 1.807) is 30.3 Å². The second-order valence-corrected chi connectivity index (χ2v) is 8.43. The van der Waals surface area contributed by atoms with Gasteiger partial charge < -0.3 is 4.74 Å². The highest BCUT2D eigenvalue weighted by molar-refractivity contribution is 6.26. The van der Waals surface area contributed by atoms with E-state index in [-0.39, 0.29) is 17.5 Å². The molecule has 2 aromatic carbocycles. The fourth-order valence-electron chi connectivity index (χ4n) is 4.13. The summed E-state index contributed by atoms with van der Waals surface area (Å²) in [5.41, 5.74) is 1.38. The lowest BCUT2D eigenvalue weighted by Crippen LogP contribution is -2.36. The number of rotatable bonds is 6. The fourth-order valence-corrected chi connectivity index (χ4v) is 4.13. The number of esters is 1. The third kappa shape index (κ3) is 5.44. The first-order valence-electron chi connectivity index (χ1n) is 10.5. The Bertz CT molecular complexity index is 852. The van der Waals surface area contributed by atoms with Crippen LogP contribution in [0.4, 0.5) is 0 Å². The van der Waals surface area contributed by atoms with E-state index in [4.69, 9.17) is 4.74 Å². The maximum Gasteiger partial charge on any atom is 0.342 e. The summed E-state index contributed by atoms with van der Waals surface area (Å²) >= 11 is 0. The Hall–Kier alpha value is -2.68. The molecule has 1 fully saturated rings. The fraction of sp³-hybridized carbons (Fsp3) is 0.385. The maximum absolute atomic E-state index is 13.2. The van der Waals surface area contributed by atoms with E-state index in [0.29, 0.717) is 23.3 Å². The number of Topliss-reactive ketones (excluding diaryl/α,β-unsaturated/α-hetero) is 1. The van der Waals surface area contributed by atoms with Crippen LogP contribution in [0.25, 0.3) is 6.08 Å². The van der Waals surface area contributed by atoms with Gasteiger partial charge in [0.05, 0.1) is 0 Å². The van der Waals surface area contributed by atoms with Crippen LogP contribution in [-0.2, 0) is 9.53 Å². The highest BCUT2D eigenvalue weighted by Crippen LogP contribution is 2.36. The van der Waals surface area contributed by atoms with Crippen molar-refractivity contribution in [2.45, 2.75) is 46.1 Å². The minimum atomic E-state index is -0.521. The van der Waals surface area contributed by atoms with E-state index < -0.39 is 5.97 Å². The molecule has 0 saturated heterocycles. The quantitative estimate of drug-likeness (QED) is 0.201. The van der Waals surface area contributed by atoms with E-state index in [1.807, 2.05) is 36.4 Å². The number of hydrogen-bond acceptors (Lipinski definition) is 3. The van der Waals surface area contributed by atoms with Crippen molar-refractivity contribution in [3.8, 4) is 0 Å². The molecule has 0 radical (unpaired) electrons. The van der Waals surface area contributed by atoms with Crippen LogP contribution in [0, 0.1) is 17.8 Å². The molecule has 3 atom stereocenters. The molecule has 0 unspecified atom stereocenters. The summed E-state index contributed by atoms with van der Waals surface area (Å²) in [6.07, 6.45) is 4.57. The Balaban J connectivity index is 1.90. The lowest BCUT2D eigenvalue weighted by molar-refractivity contribution is -0.150. The Kier molecular flexibility index (Phi) is 7.03. The van der Waals surface area contributed by atoms with Gasteiger partial charge in [0.15, 0.2) is 5.78 Å². The van der Waals surface area contributed by atoms with Crippen molar-refractivity contribution in [1.29, 1.82) is 0 Å². The molecule has 0 N–H and O–H groups in total. The number of ether oxygens (including phenoxy) is 1. The second kappa shape index (κ2) is 9.69. The molecule has 2 aromatic rings. The minimum Gasteiger partial charge on any atom is -0.458 e. The average Bonchev–Trinajstić information content (AvgIpc) is 2.72. The van der Waals surface area contributed by atoms with Gasteiger partial charge in [-0.2, -0.15) is 0 Å². The van der Waals surface area contributed by atoms with Crippen molar-refractivity contribution in [2.75, 3.05) is 0 Å². The molecule has 0 aliphatic heterocycles. The van der Waals surface area contributed by atoms with Crippen molar-refractivity contribution in [3.05, 3.63) is 77.4 Å². The Morgan fingerprint density at radius 2 is 1.59 bits per heavy atom. The van der Waals surface area contributed by atoms with Crippen LogP contribution in [0.1, 0.15) is 56.0 Å². The van der Waals surface area contributed by atoms with Crippen molar-refractivity contribution >= 4 is 17.8 Å². The number of carbonyl (C=O) groups is 2. The van der Waals surface area contributed by atoms with Gasteiger partial charge in [0, 0.05) is 5.56 Å². The molecule has 0 heterocycles. The molecule has 152 valence electrons. The summed E-state index contributed by atoms with van der Waals surface area (Å²) in [7, 11) is 0.